The van der Waals surface area contributed by atoms with Gasteiger partial charge in [0.05, 0.1) is 30.0 Å². The highest BCUT2D eigenvalue weighted by Gasteiger charge is 2.14. The van der Waals surface area contributed by atoms with Gasteiger partial charge in [-0.15, -0.1) is 0 Å². The first-order valence-corrected chi connectivity index (χ1v) is 8.20. The maximum Gasteiger partial charge on any atom is 0.272 e. The summed E-state index contributed by atoms with van der Waals surface area (Å²) in [4.78, 5) is 15.8. The van der Waals surface area contributed by atoms with Gasteiger partial charge >= 0.3 is 0 Å². The topological polar surface area (TPSA) is 72.8 Å². The maximum absolute atomic E-state index is 11.9. The number of amides is 1. The first kappa shape index (κ1) is 18.7. The number of carbonyl (C=O) groups excluding carboxylic acids is 1. The van der Waals surface area contributed by atoms with Crippen LogP contribution < -0.4 is 14.9 Å². The number of hydrazone groups is 1. The monoisotopic (exact) mass is 361 g/mol. The molecule has 0 aliphatic heterocycles. The van der Waals surface area contributed by atoms with Gasteiger partial charge in [0.2, 0.25) is 0 Å². The summed E-state index contributed by atoms with van der Waals surface area (Å²) in [5.41, 5.74) is 3.53. The maximum atomic E-state index is 11.9. The lowest BCUT2D eigenvalue weighted by Gasteiger charge is -2.17. The smallest absolute Gasteiger partial charge is 0.272 e. The standard InChI is InChI=1S/C18H20ClN3O3/c1-4-12(2)25-17-15(19)8-13(9-16(17)24-3)10-21-22-18(23)14-6-5-7-20-11-14/h5-12H,4H2,1-3H3,(H,22,23)/b21-10-/t12-/m1/s1. The lowest BCUT2D eigenvalue weighted by molar-refractivity contribution is 0.0955. The molecule has 0 radical (unpaired) electrons. The van der Waals surface area contributed by atoms with Crippen molar-refractivity contribution in [2.75, 3.05) is 7.11 Å². The summed E-state index contributed by atoms with van der Waals surface area (Å²) < 4.78 is 11.1. The molecular formula is C18H20ClN3O3. The molecule has 1 heterocycles. The zero-order valence-electron chi connectivity index (χ0n) is 14.3. The number of hydrogen-bond acceptors (Lipinski definition) is 5. The normalized spacial score (nSPS) is 12.0. The molecule has 25 heavy (non-hydrogen) atoms. The Hall–Kier alpha value is -2.60. The number of carbonyl (C=O) groups is 1. The van der Waals surface area contributed by atoms with Crippen LogP contribution in [0, 0.1) is 0 Å². The Morgan fingerprint density at radius 3 is 2.92 bits per heavy atom. The Morgan fingerprint density at radius 1 is 1.48 bits per heavy atom. The van der Waals surface area contributed by atoms with Gasteiger partial charge in [0.15, 0.2) is 11.5 Å². The zero-order valence-corrected chi connectivity index (χ0v) is 15.1. The highest BCUT2D eigenvalue weighted by Crippen LogP contribution is 2.37. The van der Waals surface area contributed by atoms with Crippen LogP contribution in [-0.4, -0.2) is 30.3 Å². The van der Waals surface area contributed by atoms with Gasteiger partial charge in [0.1, 0.15) is 0 Å². The molecule has 132 valence electrons. The summed E-state index contributed by atoms with van der Waals surface area (Å²) in [7, 11) is 1.54. The van der Waals surface area contributed by atoms with Crippen LogP contribution in [-0.2, 0) is 0 Å². The van der Waals surface area contributed by atoms with E-state index in [1.54, 1.807) is 37.6 Å². The van der Waals surface area contributed by atoms with Crippen molar-refractivity contribution < 1.29 is 14.3 Å². The van der Waals surface area contributed by atoms with Crippen LogP contribution in [0.3, 0.4) is 0 Å². The van der Waals surface area contributed by atoms with E-state index in [1.165, 1.54) is 12.4 Å². The van der Waals surface area contributed by atoms with Gasteiger partial charge in [-0.2, -0.15) is 5.10 Å². The van der Waals surface area contributed by atoms with Crippen molar-refractivity contribution in [3.05, 3.63) is 52.8 Å². The number of hydrogen-bond donors (Lipinski definition) is 1. The summed E-state index contributed by atoms with van der Waals surface area (Å²) >= 11 is 6.29. The number of benzene rings is 1. The van der Waals surface area contributed by atoms with Crippen molar-refractivity contribution in [1.82, 2.24) is 10.4 Å². The molecule has 0 aliphatic rings. The molecule has 2 rings (SSSR count). The van der Waals surface area contributed by atoms with E-state index in [0.717, 1.165) is 6.42 Å². The fourth-order valence-corrected chi connectivity index (χ4v) is 2.20. The highest BCUT2D eigenvalue weighted by molar-refractivity contribution is 6.32. The van der Waals surface area contributed by atoms with Crippen LogP contribution in [0.1, 0.15) is 36.2 Å². The lowest BCUT2D eigenvalue weighted by Crippen LogP contribution is -2.17. The second-order valence-corrected chi connectivity index (χ2v) is 5.72. The second-order valence-electron chi connectivity index (χ2n) is 5.31. The number of halogens is 1. The Kier molecular flexibility index (Phi) is 6.77. The van der Waals surface area contributed by atoms with Crippen molar-refractivity contribution in [3.63, 3.8) is 0 Å². The number of aromatic nitrogens is 1. The van der Waals surface area contributed by atoms with Crippen LogP contribution in [0.2, 0.25) is 5.02 Å². The van der Waals surface area contributed by atoms with Gasteiger partial charge in [-0.25, -0.2) is 5.43 Å². The number of rotatable bonds is 7. The molecule has 0 fully saturated rings. The van der Waals surface area contributed by atoms with E-state index in [2.05, 4.69) is 15.5 Å². The summed E-state index contributed by atoms with van der Waals surface area (Å²) in [5.74, 6) is 0.655. The fourth-order valence-electron chi connectivity index (χ4n) is 1.94. The molecule has 1 amide bonds. The van der Waals surface area contributed by atoms with Crippen LogP contribution in [0.25, 0.3) is 0 Å². The van der Waals surface area contributed by atoms with Crippen molar-refractivity contribution in [2.24, 2.45) is 5.10 Å². The Morgan fingerprint density at radius 2 is 2.28 bits per heavy atom. The van der Waals surface area contributed by atoms with E-state index >= 15 is 0 Å². The number of pyridine rings is 1. The molecule has 0 aliphatic carbocycles. The molecule has 1 aromatic heterocycles. The Labute approximate surface area is 151 Å². The predicted octanol–water partition coefficient (Wildman–Crippen LogP) is 3.68. The van der Waals surface area contributed by atoms with Crippen LogP contribution >= 0.6 is 11.6 Å². The fraction of sp³-hybridized carbons (Fsp3) is 0.278. The Bertz CT molecular complexity index is 751. The molecule has 0 saturated carbocycles. The van der Waals surface area contributed by atoms with Crippen molar-refractivity contribution in [3.8, 4) is 11.5 Å². The molecule has 1 atom stereocenters. The number of ether oxygens (including phenoxy) is 2. The quantitative estimate of drug-likeness (QED) is 0.603. The average Bonchev–Trinajstić information content (AvgIpc) is 2.63. The molecule has 0 bridgehead atoms. The molecule has 0 saturated heterocycles. The van der Waals surface area contributed by atoms with Crippen molar-refractivity contribution in [2.45, 2.75) is 26.4 Å². The number of nitrogens with zero attached hydrogens (tertiary/aromatic N) is 2. The summed E-state index contributed by atoms with van der Waals surface area (Å²) in [5, 5.41) is 4.35. The van der Waals surface area contributed by atoms with Gasteiger partial charge < -0.3 is 9.47 Å². The molecule has 0 spiro atoms. The molecule has 1 aromatic carbocycles. The molecule has 6 nitrogen and oxygen atoms in total. The minimum absolute atomic E-state index is 0.0182. The van der Waals surface area contributed by atoms with E-state index in [-0.39, 0.29) is 12.0 Å². The SMILES string of the molecule is CC[C@@H](C)Oc1c(Cl)cc(/C=N\NC(=O)c2cccnc2)cc1OC. The third-order valence-corrected chi connectivity index (χ3v) is 3.73. The Balaban J connectivity index is 2.12. The second kappa shape index (κ2) is 9.03. The van der Waals surface area contributed by atoms with E-state index in [4.69, 9.17) is 21.1 Å². The molecular weight excluding hydrogens is 342 g/mol. The average molecular weight is 362 g/mol. The third-order valence-electron chi connectivity index (χ3n) is 3.45. The van der Waals surface area contributed by atoms with Crippen LogP contribution in [0.4, 0.5) is 0 Å². The van der Waals surface area contributed by atoms with Crippen molar-refractivity contribution >= 4 is 23.7 Å². The van der Waals surface area contributed by atoms with Crippen molar-refractivity contribution in [1.29, 1.82) is 0 Å². The highest BCUT2D eigenvalue weighted by atomic mass is 35.5. The van der Waals surface area contributed by atoms with Gasteiger partial charge in [-0.05, 0) is 43.2 Å². The van der Waals surface area contributed by atoms with Gasteiger partial charge in [0, 0.05) is 12.4 Å². The lowest BCUT2D eigenvalue weighted by atomic mass is 10.2. The van der Waals surface area contributed by atoms with Crippen LogP contribution in [0.5, 0.6) is 11.5 Å². The van der Waals surface area contributed by atoms with Gasteiger partial charge in [-0.3, -0.25) is 9.78 Å². The summed E-state index contributed by atoms with van der Waals surface area (Å²) in [6.07, 6.45) is 5.41. The van der Waals surface area contributed by atoms with E-state index in [0.29, 0.717) is 27.6 Å². The van der Waals surface area contributed by atoms with E-state index in [9.17, 15) is 4.79 Å². The third kappa shape index (κ3) is 5.19. The molecule has 2 aromatic rings. The van der Waals surface area contributed by atoms with E-state index < -0.39 is 0 Å². The zero-order chi connectivity index (χ0) is 18.2. The first-order valence-electron chi connectivity index (χ1n) is 7.82. The first-order chi connectivity index (χ1) is 12.0. The molecule has 7 heteroatoms. The summed E-state index contributed by atoms with van der Waals surface area (Å²) in [6, 6.07) is 6.77. The number of nitrogens with one attached hydrogen (secondary N) is 1. The van der Waals surface area contributed by atoms with Gasteiger partial charge in [-0.1, -0.05) is 18.5 Å². The minimum Gasteiger partial charge on any atom is -0.493 e. The number of methoxy groups -OCH3 is 1. The minimum atomic E-state index is -0.348. The summed E-state index contributed by atoms with van der Waals surface area (Å²) in [6.45, 7) is 3.98. The largest absolute Gasteiger partial charge is 0.493 e. The van der Waals surface area contributed by atoms with E-state index in [1.807, 2.05) is 13.8 Å². The predicted molar refractivity (Wildman–Crippen MR) is 97.7 cm³/mol. The van der Waals surface area contributed by atoms with Crippen LogP contribution in [0.15, 0.2) is 41.8 Å². The molecule has 0 unspecified atom stereocenters. The van der Waals surface area contributed by atoms with Gasteiger partial charge in [0.25, 0.3) is 5.91 Å². The molecule has 1 N–H and O–H groups in total.